The van der Waals surface area contributed by atoms with Crippen molar-refractivity contribution in [2.45, 2.75) is 51.9 Å². The summed E-state index contributed by atoms with van der Waals surface area (Å²) in [6, 6.07) is 14.7. The van der Waals surface area contributed by atoms with Gasteiger partial charge >= 0.3 is 0 Å². The van der Waals surface area contributed by atoms with Crippen molar-refractivity contribution >= 4 is 28.6 Å². The van der Waals surface area contributed by atoms with Gasteiger partial charge in [0.25, 0.3) is 5.91 Å². The van der Waals surface area contributed by atoms with Gasteiger partial charge in [-0.05, 0) is 55.7 Å². The molecule has 3 rings (SSSR count). The minimum absolute atomic E-state index is 0.0678. The number of ether oxygens (including phenoxy) is 1. The fourth-order valence-electron chi connectivity index (χ4n) is 4.30. The normalized spacial score (nSPS) is 10.8. The number of hydrogen-bond donors (Lipinski definition) is 2. The Morgan fingerprint density at radius 1 is 0.914 bits per heavy atom. The highest BCUT2D eigenvalue weighted by Crippen LogP contribution is 2.30. The summed E-state index contributed by atoms with van der Waals surface area (Å²) in [5.74, 6) is 0.569. The number of rotatable bonds is 12. The van der Waals surface area contributed by atoms with Crippen LogP contribution in [0.4, 0.5) is 0 Å². The summed E-state index contributed by atoms with van der Waals surface area (Å²) in [7, 11) is 3.26. The van der Waals surface area contributed by atoms with Gasteiger partial charge in [-0.2, -0.15) is 0 Å². The molecule has 3 aromatic rings. The zero-order valence-corrected chi connectivity index (χ0v) is 20.9. The Morgan fingerprint density at radius 2 is 1.63 bits per heavy atom. The minimum Gasteiger partial charge on any atom is -0.497 e. The van der Waals surface area contributed by atoms with Crippen molar-refractivity contribution < 1.29 is 19.1 Å². The van der Waals surface area contributed by atoms with E-state index in [9.17, 15) is 14.4 Å². The summed E-state index contributed by atoms with van der Waals surface area (Å²) in [6.45, 7) is 2.49. The Bertz CT molecular complexity index is 1170. The van der Waals surface area contributed by atoms with Gasteiger partial charge in [-0.1, -0.05) is 37.5 Å². The van der Waals surface area contributed by atoms with Crippen LogP contribution in [-0.2, 0) is 16.0 Å². The number of nitrogens with one attached hydrogen (secondary N) is 2. The molecule has 0 spiro atoms. The van der Waals surface area contributed by atoms with Crippen molar-refractivity contribution in [1.29, 1.82) is 0 Å². The fourth-order valence-corrected chi connectivity index (χ4v) is 4.30. The molecule has 0 saturated carbocycles. The maximum Gasteiger partial charge on any atom is 0.262 e. The lowest BCUT2D eigenvalue weighted by Crippen LogP contribution is -2.26. The first-order chi connectivity index (χ1) is 17.0. The Kier molecular flexibility index (Phi) is 9.47. The number of nitrogens with zero attached hydrogens (tertiary/aromatic N) is 1. The molecule has 7 nitrogen and oxygen atoms in total. The van der Waals surface area contributed by atoms with E-state index in [1.54, 1.807) is 30.9 Å². The van der Waals surface area contributed by atoms with Crippen molar-refractivity contribution in [3.63, 3.8) is 0 Å². The molecule has 0 fully saturated rings. The van der Waals surface area contributed by atoms with Gasteiger partial charge in [-0.25, -0.2) is 0 Å². The van der Waals surface area contributed by atoms with E-state index in [2.05, 4.69) is 10.6 Å². The number of carbonyl (C=O) groups excluding carboxylic acids is 3. The smallest absolute Gasteiger partial charge is 0.262 e. The third-order valence-electron chi connectivity index (χ3n) is 6.28. The Morgan fingerprint density at radius 3 is 2.34 bits per heavy atom. The first-order valence-corrected chi connectivity index (χ1v) is 12.2. The Hall–Kier alpha value is -3.61. The van der Waals surface area contributed by atoms with Gasteiger partial charge < -0.3 is 15.4 Å². The van der Waals surface area contributed by atoms with Gasteiger partial charge in [0, 0.05) is 36.7 Å². The molecule has 1 heterocycles. The highest BCUT2D eigenvalue weighted by atomic mass is 16.5. The third kappa shape index (κ3) is 6.72. The molecule has 0 saturated heterocycles. The molecular formula is C28H35N3O4. The van der Waals surface area contributed by atoms with Crippen LogP contribution in [0.2, 0.25) is 0 Å². The van der Waals surface area contributed by atoms with Gasteiger partial charge in [0.15, 0.2) is 0 Å². The first-order valence-electron chi connectivity index (χ1n) is 12.2. The van der Waals surface area contributed by atoms with E-state index in [4.69, 9.17) is 4.74 Å². The van der Waals surface area contributed by atoms with Crippen LogP contribution in [0, 0.1) is 6.92 Å². The lowest BCUT2D eigenvalue weighted by atomic mass is 10.1. The van der Waals surface area contributed by atoms with Gasteiger partial charge in [-0.3, -0.25) is 19.0 Å². The quantitative estimate of drug-likeness (QED) is 0.379. The lowest BCUT2D eigenvalue weighted by Gasteiger charge is -2.08. The monoisotopic (exact) mass is 477 g/mol. The molecule has 0 aliphatic heterocycles. The van der Waals surface area contributed by atoms with Gasteiger partial charge in [0.2, 0.25) is 11.8 Å². The maximum atomic E-state index is 13.3. The summed E-state index contributed by atoms with van der Waals surface area (Å²) in [6.07, 6.45) is 5.61. The van der Waals surface area contributed by atoms with E-state index in [0.717, 1.165) is 54.3 Å². The fraction of sp³-hybridized carbons (Fsp3) is 0.393. The number of benzene rings is 2. The summed E-state index contributed by atoms with van der Waals surface area (Å²) < 4.78 is 7.08. The molecule has 2 aromatic carbocycles. The van der Waals surface area contributed by atoms with Crippen molar-refractivity contribution in [3.8, 4) is 5.75 Å². The standard InChI is InChI=1S/C28H35N3O4/c1-20-23(19-27(33)30-17-11-6-4-5-10-14-26(32)29-2)24-18-22(35-3)15-16-25(24)31(20)28(34)21-12-8-7-9-13-21/h7-9,12-13,15-16,18H,4-6,10-11,14,17,19H2,1-3H3,(H,29,32)(H,30,33). The van der Waals surface area contributed by atoms with Crippen LogP contribution in [0.5, 0.6) is 5.75 Å². The predicted octanol–water partition coefficient (Wildman–Crippen LogP) is 4.39. The van der Waals surface area contributed by atoms with Crippen LogP contribution in [0.25, 0.3) is 10.9 Å². The second-order valence-corrected chi connectivity index (χ2v) is 8.67. The van der Waals surface area contributed by atoms with E-state index in [1.165, 1.54) is 0 Å². The lowest BCUT2D eigenvalue weighted by molar-refractivity contribution is -0.121. The molecule has 0 bridgehead atoms. The summed E-state index contributed by atoms with van der Waals surface area (Å²) in [5, 5.41) is 6.49. The van der Waals surface area contributed by atoms with Crippen LogP contribution in [0.15, 0.2) is 48.5 Å². The molecule has 0 unspecified atom stereocenters. The number of unbranched alkanes of at least 4 members (excludes halogenated alkanes) is 4. The number of aromatic nitrogens is 1. The molecule has 2 N–H and O–H groups in total. The number of amides is 2. The number of methoxy groups -OCH3 is 1. The van der Waals surface area contributed by atoms with Gasteiger partial charge in [-0.15, -0.1) is 0 Å². The molecule has 186 valence electrons. The summed E-state index contributed by atoms with van der Waals surface area (Å²) in [5.41, 5.74) is 2.94. The van der Waals surface area contributed by atoms with Crippen LogP contribution in [0.3, 0.4) is 0 Å². The molecular weight excluding hydrogens is 442 g/mol. The number of fused-ring (bicyclic) bond motifs is 1. The van der Waals surface area contributed by atoms with E-state index in [0.29, 0.717) is 24.3 Å². The zero-order chi connectivity index (χ0) is 25.2. The van der Waals surface area contributed by atoms with Crippen molar-refractivity contribution in [2.24, 2.45) is 0 Å². The van der Waals surface area contributed by atoms with Crippen LogP contribution in [0.1, 0.15) is 60.1 Å². The van der Waals surface area contributed by atoms with Crippen molar-refractivity contribution in [3.05, 3.63) is 65.4 Å². The highest BCUT2D eigenvalue weighted by Gasteiger charge is 2.21. The molecule has 2 amide bonds. The largest absolute Gasteiger partial charge is 0.497 e. The zero-order valence-electron chi connectivity index (χ0n) is 20.9. The topological polar surface area (TPSA) is 89.4 Å². The summed E-state index contributed by atoms with van der Waals surface area (Å²) in [4.78, 5) is 37.3. The average Bonchev–Trinajstić information content (AvgIpc) is 3.15. The van der Waals surface area contributed by atoms with E-state index in [-0.39, 0.29) is 24.1 Å². The molecule has 1 aromatic heterocycles. The van der Waals surface area contributed by atoms with E-state index >= 15 is 0 Å². The second-order valence-electron chi connectivity index (χ2n) is 8.67. The maximum absolute atomic E-state index is 13.3. The predicted molar refractivity (Wildman–Crippen MR) is 138 cm³/mol. The molecule has 0 aliphatic rings. The first kappa shape index (κ1) is 26.0. The number of hydrogen-bond acceptors (Lipinski definition) is 4. The highest BCUT2D eigenvalue weighted by molar-refractivity contribution is 6.05. The minimum atomic E-state index is -0.124. The van der Waals surface area contributed by atoms with E-state index < -0.39 is 0 Å². The second kappa shape index (κ2) is 12.7. The third-order valence-corrected chi connectivity index (χ3v) is 6.28. The van der Waals surface area contributed by atoms with Crippen molar-refractivity contribution in [2.75, 3.05) is 20.7 Å². The summed E-state index contributed by atoms with van der Waals surface area (Å²) >= 11 is 0. The number of carbonyl (C=O) groups is 3. The molecule has 0 atom stereocenters. The molecule has 0 aliphatic carbocycles. The molecule has 7 heteroatoms. The Labute approximate surface area is 206 Å². The van der Waals surface area contributed by atoms with Crippen molar-refractivity contribution in [1.82, 2.24) is 15.2 Å². The Balaban J connectivity index is 1.65. The molecule has 0 radical (unpaired) electrons. The SMILES string of the molecule is CNC(=O)CCCCCCCNC(=O)Cc1c(C)n(C(=O)c2ccccc2)c2ccc(OC)cc12. The van der Waals surface area contributed by atoms with Gasteiger partial charge in [0.1, 0.15) is 5.75 Å². The van der Waals surface area contributed by atoms with Crippen LogP contribution < -0.4 is 15.4 Å². The average molecular weight is 478 g/mol. The van der Waals surface area contributed by atoms with E-state index in [1.807, 2.05) is 43.3 Å². The van der Waals surface area contributed by atoms with Crippen LogP contribution in [-0.4, -0.2) is 43.0 Å². The molecule has 35 heavy (non-hydrogen) atoms. The van der Waals surface area contributed by atoms with Gasteiger partial charge in [0.05, 0.1) is 19.0 Å². The van der Waals surface area contributed by atoms with Crippen LogP contribution >= 0.6 is 0 Å².